The van der Waals surface area contributed by atoms with Crippen molar-refractivity contribution in [3.05, 3.63) is 65.7 Å². The second kappa shape index (κ2) is 5.49. The number of amides is 3. The standard InChI is InChI=1S/C18H14N2O4/c21-16-14-8-4-5-9-15(14)17(22)20(16)11-13-10-19(18(23)24-13)12-6-2-1-3-7-12/h1-9,13H,10-11H2/t13-/m1/s1. The Morgan fingerprint density at radius 2 is 1.46 bits per heavy atom. The maximum Gasteiger partial charge on any atom is 0.414 e. The smallest absolute Gasteiger partial charge is 0.414 e. The monoisotopic (exact) mass is 322 g/mol. The van der Waals surface area contributed by atoms with Crippen LogP contribution in [0.25, 0.3) is 0 Å². The number of hydrogen-bond acceptors (Lipinski definition) is 4. The average Bonchev–Trinajstić information content (AvgIpc) is 3.09. The first-order valence-corrected chi connectivity index (χ1v) is 7.63. The molecule has 120 valence electrons. The third kappa shape index (κ3) is 2.23. The van der Waals surface area contributed by atoms with Crippen LogP contribution in [0.2, 0.25) is 0 Å². The molecule has 0 N–H and O–H groups in total. The maximum atomic E-state index is 12.4. The van der Waals surface area contributed by atoms with Crippen LogP contribution < -0.4 is 4.90 Å². The van der Waals surface area contributed by atoms with E-state index >= 15 is 0 Å². The minimum Gasteiger partial charge on any atom is -0.442 e. The number of fused-ring (bicyclic) bond motifs is 1. The zero-order chi connectivity index (χ0) is 16.7. The molecule has 0 unspecified atom stereocenters. The molecule has 4 rings (SSSR count). The van der Waals surface area contributed by atoms with Gasteiger partial charge in [-0.15, -0.1) is 0 Å². The molecule has 0 saturated carbocycles. The first kappa shape index (κ1) is 14.4. The van der Waals surface area contributed by atoms with Gasteiger partial charge < -0.3 is 4.74 Å². The minimum atomic E-state index is -0.542. The minimum absolute atomic E-state index is 0.0570. The molecule has 1 atom stereocenters. The lowest BCUT2D eigenvalue weighted by Crippen LogP contribution is -2.38. The number of cyclic esters (lactones) is 1. The van der Waals surface area contributed by atoms with Crippen LogP contribution in [0.3, 0.4) is 0 Å². The zero-order valence-electron chi connectivity index (χ0n) is 12.7. The quantitative estimate of drug-likeness (QED) is 0.813. The highest BCUT2D eigenvalue weighted by Crippen LogP contribution is 2.26. The van der Waals surface area contributed by atoms with Gasteiger partial charge in [-0.05, 0) is 24.3 Å². The topological polar surface area (TPSA) is 66.9 Å². The van der Waals surface area contributed by atoms with E-state index in [1.54, 1.807) is 24.3 Å². The summed E-state index contributed by atoms with van der Waals surface area (Å²) in [6.07, 6.45) is -1.01. The summed E-state index contributed by atoms with van der Waals surface area (Å²) >= 11 is 0. The largest absolute Gasteiger partial charge is 0.442 e. The van der Waals surface area contributed by atoms with Gasteiger partial charge in [0.25, 0.3) is 11.8 Å². The molecule has 1 saturated heterocycles. The van der Waals surface area contributed by atoms with E-state index in [4.69, 9.17) is 4.74 Å². The second-order valence-corrected chi connectivity index (χ2v) is 5.72. The van der Waals surface area contributed by atoms with Crippen molar-refractivity contribution in [1.29, 1.82) is 0 Å². The van der Waals surface area contributed by atoms with Gasteiger partial charge in [-0.25, -0.2) is 4.79 Å². The molecule has 2 heterocycles. The van der Waals surface area contributed by atoms with Crippen molar-refractivity contribution >= 4 is 23.6 Å². The molecule has 2 aliphatic rings. The maximum absolute atomic E-state index is 12.4. The highest BCUT2D eigenvalue weighted by Gasteiger charge is 2.40. The van der Waals surface area contributed by atoms with Gasteiger partial charge in [-0.3, -0.25) is 19.4 Å². The van der Waals surface area contributed by atoms with Crippen molar-refractivity contribution in [1.82, 2.24) is 4.90 Å². The first-order valence-electron chi connectivity index (χ1n) is 7.63. The lowest BCUT2D eigenvalue weighted by molar-refractivity contribution is 0.0558. The SMILES string of the molecule is O=C1c2ccccc2C(=O)N1C[C@H]1CN(c2ccccc2)C(=O)O1. The van der Waals surface area contributed by atoms with E-state index in [9.17, 15) is 14.4 Å². The van der Waals surface area contributed by atoms with Gasteiger partial charge in [0.05, 0.1) is 24.2 Å². The van der Waals surface area contributed by atoms with Crippen LogP contribution in [0.1, 0.15) is 20.7 Å². The Labute approximate surface area is 138 Å². The van der Waals surface area contributed by atoms with E-state index in [1.165, 1.54) is 4.90 Å². The number of carbonyl (C=O) groups is 3. The molecular weight excluding hydrogens is 308 g/mol. The van der Waals surface area contributed by atoms with Crippen LogP contribution in [0.4, 0.5) is 10.5 Å². The average molecular weight is 322 g/mol. The van der Waals surface area contributed by atoms with Gasteiger partial charge >= 0.3 is 6.09 Å². The molecule has 0 bridgehead atoms. The van der Waals surface area contributed by atoms with Crippen molar-refractivity contribution in [2.75, 3.05) is 18.0 Å². The molecule has 24 heavy (non-hydrogen) atoms. The van der Waals surface area contributed by atoms with E-state index in [2.05, 4.69) is 0 Å². The highest BCUT2D eigenvalue weighted by molar-refractivity contribution is 6.21. The predicted octanol–water partition coefficient (Wildman–Crippen LogP) is 2.31. The number of para-hydroxylation sites is 1. The lowest BCUT2D eigenvalue weighted by Gasteiger charge is -2.17. The van der Waals surface area contributed by atoms with Gasteiger partial charge in [0.2, 0.25) is 0 Å². The Bertz CT molecular complexity index is 799. The van der Waals surface area contributed by atoms with Crippen LogP contribution in [0, 0.1) is 0 Å². The fraction of sp³-hybridized carbons (Fsp3) is 0.167. The summed E-state index contributed by atoms with van der Waals surface area (Å²) in [6, 6.07) is 15.9. The van der Waals surface area contributed by atoms with Crippen LogP contribution in [-0.2, 0) is 4.74 Å². The third-order valence-electron chi connectivity index (χ3n) is 4.21. The fourth-order valence-electron chi connectivity index (χ4n) is 3.04. The molecule has 0 radical (unpaired) electrons. The van der Waals surface area contributed by atoms with Crippen LogP contribution in [-0.4, -0.2) is 42.0 Å². The van der Waals surface area contributed by atoms with Crippen LogP contribution in [0.5, 0.6) is 0 Å². The van der Waals surface area contributed by atoms with Crippen molar-refractivity contribution in [3.8, 4) is 0 Å². The van der Waals surface area contributed by atoms with E-state index in [1.807, 2.05) is 30.3 Å². The molecule has 2 aliphatic heterocycles. The molecule has 0 aromatic heterocycles. The molecule has 2 aromatic carbocycles. The number of benzene rings is 2. The molecule has 1 fully saturated rings. The lowest BCUT2D eigenvalue weighted by atomic mass is 10.1. The van der Waals surface area contributed by atoms with Gasteiger partial charge in [0.1, 0.15) is 6.10 Å². The van der Waals surface area contributed by atoms with Crippen molar-refractivity contribution < 1.29 is 19.1 Å². The van der Waals surface area contributed by atoms with Gasteiger partial charge in [-0.2, -0.15) is 0 Å². The summed E-state index contributed by atoms with van der Waals surface area (Å²) in [7, 11) is 0. The van der Waals surface area contributed by atoms with Crippen LogP contribution in [0.15, 0.2) is 54.6 Å². The Kier molecular flexibility index (Phi) is 3.30. The summed E-state index contributed by atoms with van der Waals surface area (Å²) in [5, 5.41) is 0. The number of hydrogen-bond donors (Lipinski definition) is 0. The number of nitrogens with zero attached hydrogens (tertiary/aromatic N) is 2. The fourth-order valence-corrected chi connectivity index (χ4v) is 3.04. The number of imide groups is 1. The van der Waals surface area contributed by atoms with Crippen LogP contribution >= 0.6 is 0 Å². The molecule has 0 spiro atoms. The molecule has 0 aliphatic carbocycles. The summed E-state index contributed by atoms with van der Waals surface area (Å²) in [5.74, 6) is -0.686. The Balaban J connectivity index is 1.51. The summed E-state index contributed by atoms with van der Waals surface area (Å²) in [6.45, 7) is 0.359. The van der Waals surface area contributed by atoms with E-state index in [-0.39, 0.29) is 18.4 Å². The van der Waals surface area contributed by atoms with E-state index in [0.717, 1.165) is 10.6 Å². The van der Waals surface area contributed by atoms with Crippen molar-refractivity contribution in [2.45, 2.75) is 6.10 Å². The van der Waals surface area contributed by atoms with Gasteiger partial charge in [-0.1, -0.05) is 30.3 Å². The van der Waals surface area contributed by atoms with Gasteiger partial charge in [0, 0.05) is 5.69 Å². The number of anilines is 1. The Morgan fingerprint density at radius 3 is 2.08 bits per heavy atom. The Hall–Kier alpha value is -3.15. The van der Waals surface area contributed by atoms with E-state index in [0.29, 0.717) is 17.7 Å². The predicted molar refractivity (Wildman–Crippen MR) is 85.9 cm³/mol. The van der Waals surface area contributed by atoms with E-state index < -0.39 is 12.2 Å². The highest BCUT2D eigenvalue weighted by atomic mass is 16.6. The summed E-state index contributed by atoms with van der Waals surface area (Å²) < 4.78 is 5.33. The van der Waals surface area contributed by atoms with Crippen molar-refractivity contribution in [3.63, 3.8) is 0 Å². The normalized spacial score (nSPS) is 19.7. The number of ether oxygens (including phenoxy) is 1. The molecule has 3 amide bonds. The molecule has 6 nitrogen and oxygen atoms in total. The second-order valence-electron chi connectivity index (χ2n) is 5.72. The first-order chi connectivity index (χ1) is 11.6. The third-order valence-corrected chi connectivity index (χ3v) is 4.21. The molecule has 6 heteroatoms. The zero-order valence-corrected chi connectivity index (χ0v) is 12.7. The van der Waals surface area contributed by atoms with Gasteiger partial charge in [0.15, 0.2) is 0 Å². The summed E-state index contributed by atoms with van der Waals surface area (Å²) in [4.78, 5) is 39.5. The summed E-state index contributed by atoms with van der Waals surface area (Å²) in [5.41, 5.74) is 1.52. The van der Waals surface area contributed by atoms with Crippen molar-refractivity contribution in [2.24, 2.45) is 0 Å². The number of rotatable bonds is 3. The molecular formula is C18H14N2O4. The number of carbonyl (C=O) groups excluding carboxylic acids is 3. The molecule has 2 aromatic rings. The Morgan fingerprint density at radius 1 is 0.875 bits per heavy atom.